The van der Waals surface area contributed by atoms with E-state index in [9.17, 15) is 4.79 Å². The van der Waals surface area contributed by atoms with E-state index in [1.165, 1.54) is 0 Å². The van der Waals surface area contributed by atoms with Crippen LogP contribution in [0.15, 0.2) is 42.7 Å². The van der Waals surface area contributed by atoms with Crippen LogP contribution in [-0.4, -0.2) is 28.9 Å². The van der Waals surface area contributed by atoms with Gasteiger partial charge < -0.3 is 10.1 Å². The molecule has 0 bridgehead atoms. The van der Waals surface area contributed by atoms with Crippen LogP contribution in [0.25, 0.3) is 0 Å². The van der Waals surface area contributed by atoms with Gasteiger partial charge >= 0.3 is 0 Å². The van der Waals surface area contributed by atoms with Crippen molar-refractivity contribution in [2.75, 3.05) is 18.5 Å². The number of rotatable bonds is 4. The average molecular weight is 285 g/mol. The SMILES string of the molecule is O=C(Nc1cccc(Cn2cccn2)c1)C1CCOCC1. The fraction of sp³-hybridized carbons (Fsp3) is 0.375. The van der Waals surface area contributed by atoms with E-state index in [1.807, 2.05) is 41.2 Å². The first-order valence-electron chi connectivity index (χ1n) is 7.26. The summed E-state index contributed by atoms with van der Waals surface area (Å²) in [5, 5.41) is 7.20. The van der Waals surface area contributed by atoms with Gasteiger partial charge in [0.2, 0.25) is 5.91 Å². The smallest absolute Gasteiger partial charge is 0.227 e. The van der Waals surface area contributed by atoms with Gasteiger partial charge in [0.05, 0.1) is 6.54 Å². The van der Waals surface area contributed by atoms with Crippen LogP contribution in [0.4, 0.5) is 5.69 Å². The minimum Gasteiger partial charge on any atom is -0.381 e. The second-order valence-electron chi connectivity index (χ2n) is 5.28. The summed E-state index contributed by atoms with van der Waals surface area (Å²) in [5.41, 5.74) is 1.96. The maximum absolute atomic E-state index is 12.2. The molecule has 1 aromatic heterocycles. The molecule has 5 heteroatoms. The van der Waals surface area contributed by atoms with Gasteiger partial charge in [-0.3, -0.25) is 9.48 Å². The average Bonchev–Trinajstić information content (AvgIpc) is 3.01. The van der Waals surface area contributed by atoms with Crippen LogP contribution in [0.2, 0.25) is 0 Å². The normalized spacial score (nSPS) is 15.8. The van der Waals surface area contributed by atoms with Gasteiger partial charge in [-0.15, -0.1) is 0 Å². The Morgan fingerprint density at radius 1 is 1.33 bits per heavy atom. The lowest BCUT2D eigenvalue weighted by molar-refractivity contribution is -0.122. The molecule has 3 rings (SSSR count). The van der Waals surface area contributed by atoms with Crippen LogP contribution in [0.1, 0.15) is 18.4 Å². The standard InChI is InChI=1S/C16H19N3O2/c20-16(14-5-9-21-10-6-14)18-15-4-1-3-13(11-15)12-19-8-2-7-17-19/h1-4,7-8,11,14H,5-6,9-10,12H2,(H,18,20). The molecule has 1 saturated heterocycles. The van der Waals surface area contributed by atoms with E-state index < -0.39 is 0 Å². The van der Waals surface area contributed by atoms with Crippen molar-refractivity contribution in [3.8, 4) is 0 Å². The van der Waals surface area contributed by atoms with Crippen molar-refractivity contribution in [2.24, 2.45) is 5.92 Å². The Labute approximate surface area is 123 Å². The highest BCUT2D eigenvalue weighted by molar-refractivity contribution is 5.92. The summed E-state index contributed by atoms with van der Waals surface area (Å²) in [6, 6.07) is 9.81. The van der Waals surface area contributed by atoms with Crippen molar-refractivity contribution in [2.45, 2.75) is 19.4 Å². The van der Waals surface area contributed by atoms with Gasteiger partial charge in [-0.2, -0.15) is 5.10 Å². The number of hydrogen-bond donors (Lipinski definition) is 1. The maximum atomic E-state index is 12.2. The highest BCUT2D eigenvalue weighted by atomic mass is 16.5. The first kappa shape index (κ1) is 13.8. The maximum Gasteiger partial charge on any atom is 0.227 e. The summed E-state index contributed by atoms with van der Waals surface area (Å²) in [6.45, 7) is 2.06. The number of nitrogens with zero attached hydrogens (tertiary/aromatic N) is 2. The third kappa shape index (κ3) is 3.70. The number of aromatic nitrogens is 2. The molecule has 0 saturated carbocycles. The van der Waals surface area contributed by atoms with Gasteiger partial charge in [0, 0.05) is 37.2 Å². The highest BCUT2D eigenvalue weighted by Gasteiger charge is 2.21. The van der Waals surface area contributed by atoms with E-state index >= 15 is 0 Å². The number of carbonyl (C=O) groups is 1. The Morgan fingerprint density at radius 2 is 2.19 bits per heavy atom. The summed E-state index contributed by atoms with van der Waals surface area (Å²) in [4.78, 5) is 12.2. The Morgan fingerprint density at radius 3 is 2.95 bits per heavy atom. The molecular formula is C16H19N3O2. The van der Waals surface area contributed by atoms with Crippen molar-refractivity contribution >= 4 is 11.6 Å². The van der Waals surface area contributed by atoms with Crippen LogP contribution < -0.4 is 5.32 Å². The number of amides is 1. The minimum atomic E-state index is 0.0634. The largest absolute Gasteiger partial charge is 0.381 e. The zero-order chi connectivity index (χ0) is 14.5. The number of benzene rings is 1. The molecule has 1 N–H and O–H groups in total. The van der Waals surface area contributed by atoms with Gasteiger partial charge in [-0.05, 0) is 36.6 Å². The molecule has 2 aromatic rings. The molecule has 5 nitrogen and oxygen atoms in total. The van der Waals surface area contributed by atoms with E-state index in [0.29, 0.717) is 19.8 Å². The number of nitrogens with one attached hydrogen (secondary N) is 1. The zero-order valence-corrected chi connectivity index (χ0v) is 11.9. The van der Waals surface area contributed by atoms with Gasteiger partial charge in [-0.25, -0.2) is 0 Å². The lowest BCUT2D eigenvalue weighted by Crippen LogP contribution is -2.28. The third-order valence-corrected chi connectivity index (χ3v) is 3.69. The van der Waals surface area contributed by atoms with Crippen LogP contribution in [0.3, 0.4) is 0 Å². The summed E-state index contributed by atoms with van der Waals surface area (Å²) in [7, 11) is 0. The van der Waals surface area contributed by atoms with Crippen molar-refractivity contribution in [1.82, 2.24) is 9.78 Å². The molecule has 21 heavy (non-hydrogen) atoms. The molecule has 2 heterocycles. The van der Waals surface area contributed by atoms with Crippen LogP contribution >= 0.6 is 0 Å². The van der Waals surface area contributed by atoms with Crippen LogP contribution in [0.5, 0.6) is 0 Å². The van der Waals surface area contributed by atoms with Crippen LogP contribution in [-0.2, 0) is 16.1 Å². The zero-order valence-electron chi connectivity index (χ0n) is 11.9. The summed E-state index contributed by atoms with van der Waals surface area (Å²) >= 11 is 0. The molecule has 1 aromatic carbocycles. The molecule has 0 radical (unpaired) electrons. The lowest BCUT2D eigenvalue weighted by atomic mass is 9.99. The van der Waals surface area contributed by atoms with Gasteiger partial charge in [-0.1, -0.05) is 12.1 Å². The number of anilines is 1. The Kier molecular flexibility index (Phi) is 4.31. The molecule has 110 valence electrons. The third-order valence-electron chi connectivity index (χ3n) is 3.69. The van der Waals surface area contributed by atoms with Crippen LogP contribution in [0, 0.1) is 5.92 Å². The second-order valence-corrected chi connectivity index (χ2v) is 5.28. The molecule has 0 atom stereocenters. The molecule has 0 spiro atoms. The molecular weight excluding hydrogens is 266 g/mol. The minimum absolute atomic E-state index is 0.0634. The predicted molar refractivity (Wildman–Crippen MR) is 79.9 cm³/mol. The van der Waals surface area contributed by atoms with E-state index in [4.69, 9.17) is 4.74 Å². The first-order valence-corrected chi connectivity index (χ1v) is 7.26. The van der Waals surface area contributed by atoms with Crippen molar-refractivity contribution < 1.29 is 9.53 Å². The molecule has 1 fully saturated rings. The van der Waals surface area contributed by atoms with Crippen molar-refractivity contribution in [3.05, 3.63) is 48.3 Å². The molecule has 1 aliphatic rings. The highest BCUT2D eigenvalue weighted by Crippen LogP contribution is 2.18. The van der Waals surface area contributed by atoms with E-state index in [0.717, 1.165) is 24.1 Å². The van der Waals surface area contributed by atoms with E-state index in [-0.39, 0.29) is 11.8 Å². The summed E-state index contributed by atoms with van der Waals surface area (Å²) in [6.07, 6.45) is 5.29. The lowest BCUT2D eigenvalue weighted by Gasteiger charge is -2.21. The van der Waals surface area contributed by atoms with E-state index in [2.05, 4.69) is 10.4 Å². The quantitative estimate of drug-likeness (QED) is 0.937. The first-order chi connectivity index (χ1) is 10.3. The number of hydrogen-bond acceptors (Lipinski definition) is 3. The Bertz CT molecular complexity index is 589. The summed E-state index contributed by atoms with van der Waals surface area (Å²) < 4.78 is 7.15. The molecule has 0 aliphatic carbocycles. The van der Waals surface area contributed by atoms with Gasteiger partial charge in [0.15, 0.2) is 0 Å². The molecule has 0 unspecified atom stereocenters. The van der Waals surface area contributed by atoms with Crippen molar-refractivity contribution in [3.63, 3.8) is 0 Å². The van der Waals surface area contributed by atoms with E-state index in [1.54, 1.807) is 6.20 Å². The monoisotopic (exact) mass is 285 g/mol. The number of ether oxygens (including phenoxy) is 1. The van der Waals surface area contributed by atoms with Crippen molar-refractivity contribution in [1.29, 1.82) is 0 Å². The number of carbonyl (C=O) groups excluding carboxylic acids is 1. The Balaban J connectivity index is 1.63. The molecule has 1 amide bonds. The fourth-order valence-electron chi connectivity index (χ4n) is 2.53. The molecule has 1 aliphatic heterocycles. The topological polar surface area (TPSA) is 56.2 Å². The predicted octanol–water partition coefficient (Wildman–Crippen LogP) is 2.30. The fourth-order valence-corrected chi connectivity index (χ4v) is 2.53. The summed E-state index contributed by atoms with van der Waals surface area (Å²) in [5.74, 6) is 0.156. The Hall–Kier alpha value is -2.14. The van der Waals surface area contributed by atoms with Gasteiger partial charge in [0.1, 0.15) is 0 Å². The second kappa shape index (κ2) is 6.54. The van der Waals surface area contributed by atoms with Gasteiger partial charge in [0.25, 0.3) is 0 Å².